The molecule has 0 spiro atoms. The summed E-state index contributed by atoms with van der Waals surface area (Å²) in [6, 6.07) is 17.6. The number of alkyl halides is 1. The van der Waals surface area contributed by atoms with Crippen molar-refractivity contribution in [1.29, 1.82) is 0 Å². The number of unbranched alkanes of at least 4 members (excludes halogenated alkanes) is 7. The molecule has 0 saturated heterocycles. The van der Waals surface area contributed by atoms with Gasteiger partial charge in [-0.2, -0.15) is 0 Å². The molecule has 1 unspecified atom stereocenters. The van der Waals surface area contributed by atoms with Gasteiger partial charge >= 0.3 is 0 Å². The minimum absolute atomic E-state index is 0.0853. The standard InChI is InChI=1S/C26H35ClO2/c1-2-25(22-14-10-9-11-15-22)26(28)23-16-18-24(19-17-23)29-21-13-8-6-4-3-5-7-12-20-27/h9-11,14-19,25H,2-8,12-13,20-21H2,1H3. The number of rotatable bonds is 15. The zero-order valence-electron chi connectivity index (χ0n) is 17.7. The molecule has 0 aromatic heterocycles. The van der Waals surface area contributed by atoms with E-state index in [9.17, 15) is 4.79 Å². The molecule has 2 aromatic rings. The first-order chi connectivity index (χ1) is 14.3. The largest absolute Gasteiger partial charge is 0.494 e. The molecular weight excluding hydrogens is 380 g/mol. The first-order valence-corrected chi connectivity index (χ1v) is 11.7. The van der Waals surface area contributed by atoms with Crippen molar-refractivity contribution in [2.75, 3.05) is 12.5 Å². The fourth-order valence-corrected chi connectivity index (χ4v) is 3.81. The lowest BCUT2D eigenvalue weighted by Gasteiger charge is -2.14. The number of ether oxygens (including phenoxy) is 1. The number of benzene rings is 2. The minimum atomic E-state index is -0.0853. The van der Waals surface area contributed by atoms with E-state index in [0.717, 1.165) is 48.6 Å². The van der Waals surface area contributed by atoms with Crippen molar-refractivity contribution in [2.24, 2.45) is 0 Å². The molecule has 29 heavy (non-hydrogen) atoms. The number of halogens is 1. The van der Waals surface area contributed by atoms with E-state index >= 15 is 0 Å². The summed E-state index contributed by atoms with van der Waals surface area (Å²) >= 11 is 5.69. The van der Waals surface area contributed by atoms with Gasteiger partial charge in [0.2, 0.25) is 0 Å². The van der Waals surface area contributed by atoms with Gasteiger partial charge in [0.15, 0.2) is 5.78 Å². The molecule has 1 atom stereocenters. The van der Waals surface area contributed by atoms with Gasteiger partial charge in [0, 0.05) is 17.4 Å². The van der Waals surface area contributed by atoms with Crippen LogP contribution in [0, 0.1) is 0 Å². The molecule has 0 aliphatic carbocycles. The molecule has 0 fully saturated rings. The van der Waals surface area contributed by atoms with Gasteiger partial charge in [0.25, 0.3) is 0 Å². The van der Waals surface area contributed by atoms with Gasteiger partial charge in [-0.05, 0) is 49.1 Å². The number of hydrogen-bond acceptors (Lipinski definition) is 2. The van der Waals surface area contributed by atoms with Crippen LogP contribution in [0.4, 0.5) is 0 Å². The smallest absolute Gasteiger partial charge is 0.170 e. The maximum atomic E-state index is 12.9. The lowest BCUT2D eigenvalue weighted by Crippen LogP contribution is -2.12. The summed E-state index contributed by atoms with van der Waals surface area (Å²) < 4.78 is 5.85. The fraction of sp³-hybridized carbons (Fsp3) is 0.500. The van der Waals surface area contributed by atoms with E-state index < -0.39 is 0 Å². The van der Waals surface area contributed by atoms with Gasteiger partial charge in [-0.25, -0.2) is 0 Å². The summed E-state index contributed by atoms with van der Waals surface area (Å²) in [5, 5.41) is 0. The molecule has 0 N–H and O–H groups in total. The molecule has 158 valence electrons. The average Bonchev–Trinajstić information content (AvgIpc) is 2.76. The monoisotopic (exact) mass is 414 g/mol. The zero-order valence-corrected chi connectivity index (χ0v) is 18.5. The van der Waals surface area contributed by atoms with Crippen molar-refractivity contribution >= 4 is 17.4 Å². The van der Waals surface area contributed by atoms with Crippen LogP contribution in [0.2, 0.25) is 0 Å². The van der Waals surface area contributed by atoms with E-state index in [-0.39, 0.29) is 11.7 Å². The number of hydrogen-bond donors (Lipinski definition) is 0. The topological polar surface area (TPSA) is 26.3 Å². The summed E-state index contributed by atoms with van der Waals surface area (Å²) in [5.41, 5.74) is 1.83. The first-order valence-electron chi connectivity index (χ1n) is 11.1. The number of ketones is 1. The normalized spacial score (nSPS) is 11.9. The van der Waals surface area contributed by atoms with E-state index in [1.165, 1.54) is 38.5 Å². The average molecular weight is 415 g/mol. The molecule has 0 amide bonds. The summed E-state index contributed by atoms with van der Waals surface area (Å²) in [6.07, 6.45) is 10.7. The summed E-state index contributed by atoms with van der Waals surface area (Å²) in [5.74, 6) is 1.73. The fourth-order valence-electron chi connectivity index (χ4n) is 3.62. The molecule has 2 aromatic carbocycles. The van der Waals surface area contributed by atoms with Crippen LogP contribution in [0.15, 0.2) is 54.6 Å². The lowest BCUT2D eigenvalue weighted by atomic mass is 9.89. The highest BCUT2D eigenvalue weighted by Gasteiger charge is 2.19. The SMILES string of the molecule is CCC(C(=O)c1ccc(OCCCCCCCCCCCl)cc1)c1ccccc1. The third kappa shape index (κ3) is 8.62. The van der Waals surface area contributed by atoms with Crippen LogP contribution < -0.4 is 4.74 Å². The van der Waals surface area contributed by atoms with Gasteiger partial charge in [-0.3, -0.25) is 4.79 Å². The van der Waals surface area contributed by atoms with Crippen molar-refractivity contribution in [3.63, 3.8) is 0 Å². The molecule has 2 nitrogen and oxygen atoms in total. The van der Waals surface area contributed by atoms with E-state index in [0.29, 0.717) is 0 Å². The van der Waals surface area contributed by atoms with Gasteiger partial charge in [-0.1, -0.05) is 75.8 Å². The van der Waals surface area contributed by atoms with Crippen LogP contribution in [0.1, 0.15) is 86.6 Å². The summed E-state index contributed by atoms with van der Waals surface area (Å²) in [7, 11) is 0. The van der Waals surface area contributed by atoms with Crippen molar-refractivity contribution in [2.45, 2.75) is 70.6 Å². The Balaban J connectivity index is 1.68. The third-order valence-electron chi connectivity index (χ3n) is 5.36. The van der Waals surface area contributed by atoms with Crippen molar-refractivity contribution in [3.8, 4) is 5.75 Å². The molecule has 0 bridgehead atoms. The van der Waals surface area contributed by atoms with Crippen LogP contribution in [0.25, 0.3) is 0 Å². The number of carbonyl (C=O) groups is 1. The van der Waals surface area contributed by atoms with Gasteiger partial charge < -0.3 is 4.74 Å². The van der Waals surface area contributed by atoms with E-state index in [1.807, 2.05) is 54.6 Å². The highest BCUT2D eigenvalue weighted by molar-refractivity contribution is 6.17. The van der Waals surface area contributed by atoms with Crippen molar-refractivity contribution < 1.29 is 9.53 Å². The molecule has 0 heterocycles. The molecule has 0 saturated carbocycles. The first kappa shape index (κ1) is 23.5. The van der Waals surface area contributed by atoms with Crippen LogP contribution in [-0.4, -0.2) is 18.3 Å². The van der Waals surface area contributed by atoms with Gasteiger partial charge in [-0.15, -0.1) is 11.6 Å². The van der Waals surface area contributed by atoms with Gasteiger partial charge in [0.1, 0.15) is 5.75 Å². The Labute approximate surface area is 181 Å². The Hall–Kier alpha value is -1.80. The lowest BCUT2D eigenvalue weighted by molar-refractivity contribution is 0.0957. The quantitative estimate of drug-likeness (QED) is 0.169. The van der Waals surface area contributed by atoms with Crippen molar-refractivity contribution in [1.82, 2.24) is 0 Å². The highest BCUT2D eigenvalue weighted by atomic mass is 35.5. The Morgan fingerprint density at radius 3 is 2.00 bits per heavy atom. The van der Waals surface area contributed by atoms with E-state index in [4.69, 9.17) is 16.3 Å². The second kappa shape index (κ2) is 14.2. The molecule has 2 rings (SSSR count). The Morgan fingerprint density at radius 2 is 1.41 bits per heavy atom. The zero-order chi connectivity index (χ0) is 20.7. The maximum Gasteiger partial charge on any atom is 0.170 e. The molecule has 3 heteroatoms. The highest BCUT2D eigenvalue weighted by Crippen LogP contribution is 2.25. The van der Waals surface area contributed by atoms with E-state index in [2.05, 4.69) is 6.92 Å². The van der Waals surface area contributed by atoms with Crippen LogP contribution >= 0.6 is 11.6 Å². The third-order valence-corrected chi connectivity index (χ3v) is 5.63. The Bertz CT molecular complexity index is 682. The van der Waals surface area contributed by atoms with Crippen LogP contribution in [0.3, 0.4) is 0 Å². The molecule has 0 aliphatic heterocycles. The summed E-state index contributed by atoms with van der Waals surface area (Å²) in [6.45, 7) is 2.80. The second-order valence-electron chi connectivity index (χ2n) is 7.63. The Kier molecular flexibility index (Phi) is 11.5. The predicted molar refractivity (Wildman–Crippen MR) is 123 cm³/mol. The number of Topliss-reactive ketones (excluding diaryl/α,β-unsaturated/α-hetero) is 1. The Morgan fingerprint density at radius 1 is 0.828 bits per heavy atom. The molecule has 0 radical (unpaired) electrons. The van der Waals surface area contributed by atoms with Crippen LogP contribution in [0.5, 0.6) is 5.75 Å². The second-order valence-corrected chi connectivity index (χ2v) is 8.00. The molecular formula is C26H35ClO2. The van der Waals surface area contributed by atoms with Crippen LogP contribution in [-0.2, 0) is 0 Å². The predicted octanol–water partition coefficient (Wildman–Crippen LogP) is 7.80. The maximum absolute atomic E-state index is 12.9. The summed E-state index contributed by atoms with van der Waals surface area (Å²) in [4.78, 5) is 12.9. The molecule has 0 aliphatic rings. The minimum Gasteiger partial charge on any atom is -0.494 e. The number of carbonyl (C=O) groups excluding carboxylic acids is 1. The van der Waals surface area contributed by atoms with Crippen molar-refractivity contribution in [3.05, 3.63) is 65.7 Å². The van der Waals surface area contributed by atoms with Gasteiger partial charge in [0.05, 0.1) is 6.61 Å². The van der Waals surface area contributed by atoms with E-state index in [1.54, 1.807) is 0 Å².